The third-order valence-corrected chi connectivity index (χ3v) is 4.55. The van der Waals surface area contributed by atoms with Gasteiger partial charge in [-0.25, -0.2) is 8.42 Å². The Morgan fingerprint density at radius 3 is 2.47 bits per heavy atom. The maximum Gasteiger partial charge on any atom is 0.253 e. The molecule has 6 heteroatoms. The molecule has 0 radical (unpaired) electrons. The summed E-state index contributed by atoms with van der Waals surface area (Å²) < 4.78 is 22.5. The molecule has 92 valence electrons. The number of rotatable bonds is 1. The van der Waals surface area contributed by atoms with Crippen LogP contribution in [-0.2, 0) is 9.84 Å². The molecule has 1 fully saturated rings. The topological polar surface area (TPSA) is 54.5 Å². The summed E-state index contributed by atoms with van der Waals surface area (Å²) in [5, 5.41) is 0.500. The molecule has 0 bridgehead atoms. The Morgan fingerprint density at radius 1 is 1.24 bits per heavy atom. The van der Waals surface area contributed by atoms with E-state index < -0.39 is 9.84 Å². The van der Waals surface area contributed by atoms with Crippen LogP contribution in [0.1, 0.15) is 10.4 Å². The van der Waals surface area contributed by atoms with Gasteiger partial charge in [-0.1, -0.05) is 17.7 Å². The number of carbonyl (C=O) groups excluding carboxylic acids is 1. The minimum absolute atomic E-state index is 0.0410. The first-order valence-electron chi connectivity index (χ1n) is 5.23. The lowest BCUT2D eigenvalue weighted by Gasteiger charge is -2.26. The lowest BCUT2D eigenvalue weighted by Crippen LogP contribution is -2.43. The summed E-state index contributed by atoms with van der Waals surface area (Å²) in [6.45, 7) is 0.515. The molecule has 4 nitrogen and oxygen atoms in total. The molecule has 0 N–H and O–H groups in total. The van der Waals surface area contributed by atoms with Crippen LogP contribution in [0.25, 0.3) is 0 Å². The highest BCUT2D eigenvalue weighted by atomic mass is 35.5. The number of nitrogens with zero attached hydrogens (tertiary/aromatic N) is 1. The van der Waals surface area contributed by atoms with Crippen LogP contribution in [0.5, 0.6) is 0 Å². The van der Waals surface area contributed by atoms with Crippen molar-refractivity contribution in [1.29, 1.82) is 0 Å². The molecule has 0 atom stereocenters. The van der Waals surface area contributed by atoms with Gasteiger partial charge in [0.2, 0.25) is 0 Å². The van der Waals surface area contributed by atoms with Crippen molar-refractivity contribution in [3.05, 3.63) is 34.9 Å². The van der Waals surface area contributed by atoms with Crippen molar-refractivity contribution < 1.29 is 13.2 Å². The van der Waals surface area contributed by atoms with Gasteiger partial charge in [0.1, 0.15) is 0 Å². The summed E-state index contributed by atoms with van der Waals surface area (Å²) in [6, 6.07) is 6.67. The largest absolute Gasteiger partial charge is 0.337 e. The van der Waals surface area contributed by atoms with E-state index >= 15 is 0 Å². The molecular formula is C11H12ClNO3S. The molecular weight excluding hydrogens is 262 g/mol. The lowest BCUT2D eigenvalue weighted by atomic mass is 10.2. The van der Waals surface area contributed by atoms with E-state index in [0.717, 1.165) is 0 Å². The molecule has 1 aliphatic rings. The Morgan fingerprint density at radius 2 is 1.88 bits per heavy atom. The number of sulfone groups is 1. The van der Waals surface area contributed by atoms with E-state index in [0.29, 0.717) is 10.6 Å². The quantitative estimate of drug-likeness (QED) is 0.773. The van der Waals surface area contributed by atoms with Crippen molar-refractivity contribution in [3.63, 3.8) is 0 Å². The highest BCUT2D eigenvalue weighted by Crippen LogP contribution is 2.14. The van der Waals surface area contributed by atoms with Crippen molar-refractivity contribution >= 4 is 27.3 Å². The molecule has 0 saturated carbocycles. The molecule has 1 amide bonds. The van der Waals surface area contributed by atoms with E-state index in [-0.39, 0.29) is 30.5 Å². The predicted octanol–water partition coefficient (Wildman–Crippen LogP) is 1.21. The van der Waals surface area contributed by atoms with Crippen LogP contribution in [0.3, 0.4) is 0 Å². The Balaban J connectivity index is 2.12. The third-order valence-electron chi connectivity index (χ3n) is 2.70. The number of hydrogen-bond acceptors (Lipinski definition) is 3. The van der Waals surface area contributed by atoms with Gasteiger partial charge in [-0.3, -0.25) is 4.79 Å². The lowest BCUT2D eigenvalue weighted by molar-refractivity contribution is 0.0770. The number of amides is 1. The minimum Gasteiger partial charge on any atom is -0.337 e. The van der Waals surface area contributed by atoms with E-state index in [1.165, 1.54) is 0 Å². The fourth-order valence-electron chi connectivity index (χ4n) is 1.72. The molecule has 17 heavy (non-hydrogen) atoms. The monoisotopic (exact) mass is 273 g/mol. The van der Waals surface area contributed by atoms with Crippen LogP contribution in [0, 0.1) is 0 Å². The van der Waals surface area contributed by atoms with E-state index in [1.54, 1.807) is 29.2 Å². The summed E-state index contributed by atoms with van der Waals surface area (Å²) in [7, 11) is -2.96. The maximum absolute atomic E-state index is 12.0. The van der Waals surface area contributed by atoms with Gasteiger partial charge in [0.05, 0.1) is 11.5 Å². The summed E-state index contributed by atoms with van der Waals surface area (Å²) in [5.41, 5.74) is 0.497. The van der Waals surface area contributed by atoms with Gasteiger partial charge in [-0.2, -0.15) is 0 Å². The molecule has 1 saturated heterocycles. The molecule has 0 spiro atoms. The molecule has 2 rings (SSSR count). The van der Waals surface area contributed by atoms with Crippen LogP contribution in [0.15, 0.2) is 24.3 Å². The SMILES string of the molecule is O=C(c1cccc(Cl)c1)N1CCS(=O)(=O)CC1. The number of carbonyl (C=O) groups is 1. The Hall–Kier alpha value is -1.07. The number of halogens is 1. The van der Waals surface area contributed by atoms with Gasteiger partial charge in [-0.05, 0) is 18.2 Å². The molecule has 1 aliphatic heterocycles. The normalized spacial score (nSPS) is 19.0. The van der Waals surface area contributed by atoms with Crippen molar-refractivity contribution in [1.82, 2.24) is 4.90 Å². The van der Waals surface area contributed by atoms with Crippen molar-refractivity contribution in [2.45, 2.75) is 0 Å². The Kier molecular flexibility index (Phi) is 3.40. The zero-order chi connectivity index (χ0) is 12.5. The standard InChI is InChI=1S/C11H12ClNO3S/c12-10-3-1-2-9(8-10)11(14)13-4-6-17(15,16)7-5-13/h1-3,8H,4-7H2. The van der Waals surface area contributed by atoms with Crippen molar-refractivity contribution in [2.75, 3.05) is 24.6 Å². The second-order valence-electron chi connectivity index (χ2n) is 3.95. The summed E-state index contributed by atoms with van der Waals surface area (Å²) in [6.07, 6.45) is 0. The number of hydrogen-bond donors (Lipinski definition) is 0. The van der Waals surface area contributed by atoms with Gasteiger partial charge < -0.3 is 4.90 Å². The third kappa shape index (κ3) is 2.98. The predicted molar refractivity (Wildman–Crippen MR) is 66.0 cm³/mol. The molecule has 0 aliphatic carbocycles. The average Bonchev–Trinajstić information content (AvgIpc) is 2.28. The van der Waals surface area contributed by atoms with Gasteiger partial charge in [0.25, 0.3) is 5.91 Å². The second kappa shape index (κ2) is 4.66. The zero-order valence-electron chi connectivity index (χ0n) is 9.10. The second-order valence-corrected chi connectivity index (χ2v) is 6.69. The maximum atomic E-state index is 12.0. The van der Waals surface area contributed by atoms with Crippen molar-refractivity contribution in [2.24, 2.45) is 0 Å². The van der Waals surface area contributed by atoms with Gasteiger partial charge >= 0.3 is 0 Å². The first kappa shape index (κ1) is 12.4. The molecule has 0 aromatic heterocycles. The van der Waals surface area contributed by atoms with E-state index in [1.807, 2.05) is 0 Å². The average molecular weight is 274 g/mol. The smallest absolute Gasteiger partial charge is 0.253 e. The van der Waals surface area contributed by atoms with Crippen LogP contribution in [0.2, 0.25) is 5.02 Å². The summed E-state index contributed by atoms with van der Waals surface area (Å²) in [4.78, 5) is 13.6. The fraction of sp³-hybridized carbons (Fsp3) is 0.364. The van der Waals surface area contributed by atoms with Gasteiger partial charge in [0, 0.05) is 23.7 Å². The fourth-order valence-corrected chi connectivity index (χ4v) is 3.11. The molecule has 1 aromatic carbocycles. The van der Waals surface area contributed by atoms with Crippen LogP contribution in [-0.4, -0.2) is 43.8 Å². The van der Waals surface area contributed by atoms with Crippen LogP contribution < -0.4 is 0 Å². The van der Waals surface area contributed by atoms with Crippen molar-refractivity contribution in [3.8, 4) is 0 Å². The van der Waals surface area contributed by atoms with E-state index in [4.69, 9.17) is 11.6 Å². The highest BCUT2D eigenvalue weighted by molar-refractivity contribution is 7.91. The molecule has 1 heterocycles. The van der Waals surface area contributed by atoms with E-state index in [2.05, 4.69) is 0 Å². The van der Waals surface area contributed by atoms with E-state index in [9.17, 15) is 13.2 Å². The van der Waals surface area contributed by atoms with Gasteiger partial charge in [0.15, 0.2) is 9.84 Å². The van der Waals surface area contributed by atoms with Gasteiger partial charge in [-0.15, -0.1) is 0 Å². The first-order chi connectivity index (χ1) is 7.98. The minimum atomic E-state index is -2.96. The Bertz CT molecular complexity index is 527. The highest BCUT2D eigenvalue weighted by Gasteiger charge is 2.25. The van der Waals surface area contributed by atoms with Crippen LogP contribution in [0.4, 0.5) is 0 Å². The summed E-state index contributed by atoms with van der Waals surface area (Å²) >= 11 is 5.81. The first-order valence-corrected chi connectivity index (χ1v) is 7.43. The van der Waals surface area contributed by atoms with Crippen LogP contribution >= 0.6 is 11.6 Å². The number of benzene rings is 1. The zero-order valence-corrected chi connectivity index (χ0v) is 10.7. The Labute approximate surface area is 105 Å². The molecule has 0 unspecified atom stereocenters. The summed E-state index contributed by atoms with van der Waals surface area (Å²) in [5.74, 6) is -0.0825. The molecule has 1 aromatic rings.